The molecule has 0 saturated heterocycles. The van der Waals surface area contributed by atoms with Gasteiger partial charge in [0.05, 0.1) is 6.10 Å². The van der Waals surface area contributed by atoms with Gasteiger partial charge in [-0.1, -0.05) is 70.4 Å². The number of hydrogen-bond donors (Lipinski definition) is 2. The van der Waals surface area contributed by atoms with Crippen LogP contribution in [0, 0.1) is 0 Å². The fourth-order valence-electron chi connectivity index (χ4n) is 2.71. The van der Waals surface area contributed by atoms with E-state index in [-0.39, 0.29) is 5.91 Å². The predicted molar refractivity (Wildman–Crippen MR) is 104 cm³/mol. The van der Waals surface area contributed by atoms with Gasteiger partial charge >= 0.3 is 0 Å². The Balaban J connectivity index is 3.19. The molecule has 0 spiro atoms. The van der Waals surface area contributed by atoms with E-state index in [1.54, 1.807) is 6.92 Å². The molecule has 3 heteroatoms. The van der Waals surface area contributed by atoms with Crippen LogP contribution < -0.4 is 5.32 Å². The molecule has 0 aliphatic heterocycles. The molecule has 1 unspecified atom stereocenters. The first-order valence-electron chi connectivity index (χ1n) is 10.3. The summed E-state index contributed by atoms with van der Waals surface area (Å²) in [7, 11) is 0. The molecule has 0 heterocycles. The van der Waals surface area contributed by atoms with Gasteiger partial charge < -0.3 is 10.4 Å². The molecule has 0 bridgehead atoms. The number of aliphatic hydroxyl groups is 1. The monoisotopic (exact) mass is 339 g/mol. The van der Waals surface area contributed by atoms with Crippen molar-refractivity contribution in [3.8, 4) is 0 Å². The molecule has 0 aromatic heterocycles. The van der Waals surface area contributed by atoms with Crippen molar-refractivity contribution < 1.29 is 9.90 Å². The lowest BCUT2D eigenvalue weighted by molar-refractivity contribution is -0.121. The molecule has 0 rings (SSSR count). The quantitative estimate of drug-likeness (QED) is 0.271. The average molecular weight is 340 g/mol. The second-order valence-corrected chi connectivity index (χ2v) is 6.99. The highest BCUT2D eigenvalue weighted by molar-refractivity contribution is 5.75. The molecule has 0 radical (unpaired) electrons. The Kier molecular flexibility index (Phi) is 17.9. The Bertz CT molecular complexity index is 300. The smallest absolute Gasteiger partial charge is 0.220 e. The van der Waals surface area contributed by atoms with Gasteiger partial charge in [0, 0.05) is 13.0 Å². The number of amides is 1. The van der Waals surface area contributed by atoms with Crippen molar-refractivity contribution in [3.05, 3.63) is 12.2 Å². The number of unbranched alkanes of at least 4 members (excludes halogenated alkanes) is 11. The Labute approximate surface area is 150 Å². The van der Waals surface area contributed by atoms with Crippen LogP contribution in [0.4, 0.5) is 0 Å². The number of allylic oxidation sites excluding steroid dienone is 2. The molecular formula is C21H41NO2. The van der Waals surface area contributed by atoms with Crippen LogP contribution in [0.1, 0.15) is 104 Å². The summed E-state index contributed by atoms with van der Waals surface area (Å²) in [6, 6.07) is 0. The van der Waals surface area contributed by atoms with E-state index < -0.39 is 6.10 Å². The van der Waals surface area contributed by atoms with E-state index in [1.807, 2.05) is 0 Å². The minimum Gasteiger partial charge on any atom is -0.392 e. The molecule has 142 valence electrons. The minimum absolute atomic E-state index is 0.0635. The van der Waals surface area contributed by atoms with Crippen LogP contribution in [0.3, 0.4) is 0 Å². The second-order valence-electron chi connectivity index (χ2n) is 6.99. The van der Waals surface area contributed by atoms with Crippen LogP contribution in [0.25, 0.3) is 0 Å². The first-order valence-corrected chi connectivity index (χ1v) is 10.3. The van der Waals surface area contributed by atoms with E-state index in [1.165, 1.54) is 70.6 Å². The van der Waals surface area contributed by atoms with Crippen LogP contribution in [-0.4, -0.2) is 23.7 Å². The lowest BCUT2D eigenvalue weighted by atomic mass is 10.1. The maximum atomic E-state index is 11.5. The summed E-state index contributed by atoms with van der Waals surface area (Å²) in [4.78, 5) is 11.5. The second kappa shape index (κ2) is 18.5. The van der Waals surface area contributed by atoms with Crippen molar-refractivity contribution in [1.82, 2.24) is 5.32 Å². The lowest BCUT2D eigenvalue weighted by Crippen LogP contribution is -2.30. The van der Waals surface area contributed by atoms with Crippen molar-refractivity contribution >= 4 is 5.91 Å². The minimum atomic E-state index is -0.455. The van der Waals surface area contributed by atoms with E-state index in [2.05, 4.69) is 24.4 Å². The Hall–Kier alpha value is -0.830. The van der Waals surface area contributed by atoms with Gasteiger partial charge in [0.2, 0.25) is 5.91 Å². The largest absolute Gasteiger partial charge is 0.392 e. The highest BCUT2D eigenvalue weighted by Crippen LogP contribution is 2.09. The number of nitrogens with one attached hydrogen (secondary N) is 1. The normalized spacial score (nSPS) is 12.6. The van der Waals surface area contributed by atoms with Crippen LogP contribution in [-0.2, 0) is 4.79 Å². The van der Waals surface area contributed by atoms with Crippen molar-refractivity contribution in [2.45, 2.75) is 110 Å². The highest BCUT2D eigenvalue weighted by Gasteiger charge is 2.02. The molecule has 0 aliphatic carbocycles. The Morgan fingerprint density at radius 1 is 0.875 bits per heavy atom. The van der Waals surface area contributed by atoms with Gasteiger partial charge in [-0.15, -0.1) is 0 Å². The zero-order chi connectivity index (χ0) is 17.9. The van der Waals surface area contributed by atoms with Crippen molar-refractivity contribution in [1.29, 1.82) is 0 Å². The molecule has 0 fully saturated rings. The zero-order valence-corrected chi connectivity index (χ0v) is 16.2. The van der Waals surface area contributed by atoms with Crippen molar-refractivity contribution in [3.63, 3.8) is 0 Å². The number of aliphatic hydroxyl groups excluding tert-OH is 1. The highest BCUT2D eigenvalue weighted by atomic mass is 16.3. The lowest BCUT2D eigenvalue weighted by Gasteiger charge is -2.06. The van der Waals surface area contributed by atoms with Gasteiger partial charge in [0.1, 0.15) is 0 Å². The summed E-state index contributed by atoms with van der Waals surface area (Å²) in [5.74, 6) is 0.0635. The third-order valence-corrected chi connectivity index (χ3v) is 4.26. The van der Waals surface area contributed by atoms with Gasteiger partial charge in [0.15, 0.2) is 0 Å². The summed E-state index contributed by atoms with van der Waals surface area (Å²) >= 11 is 0. The van der Waals surface area contributed by atoms with E-state index in [9.17, 15) is 4.79 Å². The number of rotatable bonds is 17. The standard InChI is InChI=1S/C21H41NO2/c1-3-4-5-6-7-8-9-10-11-12-13-14-15-16-17-18-21(24)22-19-20(2)23/h10-11,20,23H,3-9,12-19H2,1-2H3,(H,22,24)/b11-10+. The van der Waals surface area contributed by atoms with E-state index in [0.29, 0.717) is 13.0 Å². The summed E-state index contributed by atoms with van der Waals surface area (Å²) in [6.07, 6.45) is 21.4. The zero-order valence-electron chi connectivity index (χ0n) is 16.2. The van der Waals surface area contributed by atoms with Crippen molar-refractivity contribution in [2.75, 3.05) is 6.54 Å². The van der Waals surface area contributed by atoms with E-state index >= 15 is 0 Å². The van der Waals surface area contributed by atoms with Gasteiger partial charge in [-0.3, -0.25) is 4.79 Å². The first kappa shape index (κ1) is 23.2. The molecular weight excluding hydrogens is 298 g/mol. The average Bonchev–Trinajstić information content (AvgIpc) is 2.56. The molecule has 1 atom stereocenters. The Morgan fingerprint density at radius 2 is 1.38 bits per heavy atom. The van der Waals surface area contributed by atoms with Gasteiger partial charge in [0.25, 0.3) is 0 Å². The third-order valence-electron chi connectivity index (χ3n) is 4.26. The third kappa shape index (κ3) is 19.2. The SMILES string of the molecule is CCCCCCCC/C=C/CCCCCCCC(=O)NCC(C)O. The fraction of sp³-hybridized carbons (Fsp3) is 0.857. The topological polar surface area (TPSA) is 49.3 Å². The van der Waals surface area contributed by atoms with E-state index in [0.717, 1.165) is 12.8 Å². The molecule has 0 aromatic carbocycles. The fourth-order valence-corrected chi connectivity index (χ4v) is 2.71. The summed E-state index contributed by atoms with van der Waals surface area (Å²) < 4.78 is 0. The number of carbonyl (C=O) groups is 1. The molecule has 2 N–H and O–H groups in total. The summed E-state index contributed by atoms with van der Waals surface area (Å²) in [6.45, 7) is 4.31. The van der Waals surface area contributed by atoms with Crippen LogP contribution in [0.2, 0.25) is 0 Å². The van der Waals surface area contributed by atoms with Gasteiger partial charge in [-0.25, -0.2) is 0 Å². The number of hydrogen-bond acceptors (Lipinski definition) is 2. The van der Waals surface area contributed by atoms with Crippen LogP contribution in [0.5, 0.6) is 0 Å². The molecule has 0 saturated carbocycles. The molecule has 0 aromatic rings. The summed E-state index contributed by atoms with van der Waals surface area (Å²) in [5.41, 5.74) is 0. The molecule has 0 aliphatic rings. The Morgan fingerprint density at radius 3 is 1.92 bits per heavy atom. The molecule has 3 nitrogen and oxygen atoms in total. The summed E-state index contributed by atoms with van der Waals surface area (Å²) in [5, 5.41) is 11.8. The van der Waals surface area contributed by atoms with Gasteiger partial charge in [-0.05, 0) is 39.0 Å². The maximum absolute atomic E-state index is 11.5. The van der Waals surface area contributed by atoms with Crippen molar-refractivity contribution in [2.24, 2.45) is 0 Å². The molecule has 24 heavy (non-hydrogen) atoms. The van der Waals surface area contributed by atoms with Crippen LogP contribution >= 0.6 is 0 Å². The number of carbonyl (C=O) groups excluding carboxylic acids is 1. The van der Waals surface area contributed by atoms with Gasteiger partial charge in [-0.2, -0.15) is 0 Å². The predicted octanol–water partition coefficient (Wildman–Crippen LogP) is 5.52. The van der Waals surface area contributed by atoms with E-state index in [4.69, 9.17) is 5.11 Å². The maximum Gasteiger partial charge on any atom is 0.220 e. The first-order chi connectivity index (χ1) is 11.7. The molecule has 1 amide bonds. The van der Waals surface area contributed by atoms with Crippen LogP contribution in [0.15, 0.2) is 12.2 Å².